The minimum Gasteiger partial charge on any atom is -0.506 e. The number of phenols is 1. The number of phenolic OH excluding ortho intramolecular Hbond substituents is 1. The summed E-state index contributed by atoms with van der Waals surface area (Å²) < 4.78 is 0. The Morgan fingerprint density at radius 1 is 1.21 bits per heavy atom. The van der Waals surface area contributed by atoms with E-state index in [0.29, 0.717) is 5.69 Å². The Labute approximate surface area is 115 Å². The van der Waals surface area contributed by atoms with Gasteiger partial charge in [-0.1, -0.05) is 41.9 Å². The lowest BCUT2D eigenvalue weighted by molar-refractivity contribution is -0.117. The van der Waals surface area contributed by atoms with Crippen LogP contribution >= 0.6 is 11.6 Å². The highest BCUT2D eigenvalue weighted by Gasteiger charge is 2.15. The van der Waals surface area contributed by atoms with Crippen LogP contribution in [0.1, 0.15) is 11.6 Å². The fraction of sp³-hybridized carbons (Fsp3) is 0.0714. The Kier molecular flexibility index (Phi) is 4.04. The van der Waals surface area contributed by atoms with Crippen molar-refractivity contribution in [2.75, 3.05) is 5.32 Å². The summed E-state index contributed by atoms with van der Waals surface area (Å²) >= 11 is 5.76. The summed E-state index contributed by atoms with van der Waals surface area (Å²) in [5.74, 6) is -0.375. The highest BCUT2D eigenvalue weighted by molar-refractivity contribution is 6.32. The number of aromatic hydroxyl groups is 1. The van der Waals surface area contributed by atoms with E-state index in [1.807, 2.05) is 18.2 Å². The average Bonchev–Trinajstić information content (AvgIpc) is 2.43. The van der Waals surface area contributed by atoms with E-state index in [4.69, 9.17) is 17.3 Å². The van der Waals surface area contributed by atoms with Gasteiger partial charge in [0.2, 0.25) is 5.91 Å². The molecule has 4 N–H and O–H groups in total. The fourth-order valence-corrected chi connectivity index (χ4v) is 1.80. The van der Waals surface area contributed by atoms with Gasteiger partial charge in [-0.2, -0.15) is 0 Å². The number of carbonyl (C=O) groups excluding carboxylic acids is 1. The normalized spacial score (nSPS) is 11.9. The minimum absolute atomic E-state index is 0.0352. The molecule has 0 spiro atoms. The SMILES string of the molecule is N[C@H](C(=O)Nc1ccc(O)c(Cl)c1)c1ccccc1. The molecule has 1 amide bonds. The summed E-state index contributed by atoms with van der Waals surface area (Å²) in [6.45, 7) is 0. The van der Waals surface area contributed by atoms with Crippen molar-refractivity contribution in [3.05, 3.63) is 59.1 Å². The van der Waals surface area contributed by atoms with Crippen LogP contribution in [0.4, 0.5) is 5.69 Å². The number of anilines is 1. The van der Waals surface area contributed by atoms with Crippen LogP contribution in [0.15, 0.2) is 48.5 Å². The molecule has 0 aromatic heterocycles. The number of nitrogens with two attached hydrogens (primary N) is 1. The van der Waals surface area contributed by atoms with Crippen LogP contribution < -0.4 is 11.1 Å². The van der Waals surface area contributed by atoms with Crippen molar-refractivity contribution >= 4 is 23.2 Å². The lowest BCUT2D eigenvalue weighted by atomic mass is 10.1. The predicted molar refractivity (Wildman–Crippen MR) is 75.1 cm³/mol. The van der Waals surface area contributed by atoms with Crippen LogP contribution in [-0.2, 0) is 4.79 Å². The van der Waals surface area contributed by atoms with Gasteiger partial charge in [0.15, 0.2) is 0 Å². The highest BCUT2D eigenvalue weighted by Crippen LogP contribution is 2.26. The number of halogens is 1. The molecule has 2 rings (SSSR count). The van der Waals surface area contributed by atoms with Gasteiger partial charge in [0.25, 0.3) is 0 Å². The standard InChI is InChI=1S/C14H13ClN2O2/c15-11-8-10(6-7-12(11)18)17-14(19)13(16)9-4-2-1-3-5-9/h1-8,13,18H,16H2,(H,17,19)/t13-/m0/s1. The average molecular weight is 277 g/mol. The van der Waals surface area contributed by atoms with Gasteiger partial charge in [0.05, 0.1) is 5.02 Å². The quantitative estimate of drug-likeness (QED) is 0.755. The molecule has 0 heterocycles. The first-order valence-electron chi connectivity index (χ1n) is 5.68. The minimum atomic E-state index is -0.756. The Balaban J connectivity index is 2.10. The number of amides is 1. The van der Waals surface area contributed by atoms with E-state index in [1.54, 1.807) is 18.2 Å². The third-order valence-electron chi connectivity index (χ3n) is 2.66. The van der Waals surface area contributed by atoms with Gasteiger partial charge in [-0.05, 0) is 23.8 Å². The molecule has 4 nitrogen and oxygen atoms in total. The summed E-state index contributed by atoms with van der Waals surface area (Å²) in [6, 6.07) is 12.7. The third kappa shape index (κ3) is 3.24. The van der Waals surface area contributed by atoms with Crippen LogP contribution in [0.25, 0.3) is 0 Å². The predicted octanol–water partition coefficient (Wildman–Crippen LogP) is 2.68. The zero-order valence-electron chi connectivity index (χ0n) is 10.0. The van der Waals surface area contributed by atoms with Crippen molar-refractivity contribution in [2.24, 2.45) is 5.73 Å². The molecule has 0 bridgehead atoms. The molecule has 0 saturated carbocycles. The van der Waals surface area contributed by atoms with Crippen LogP contribution in [0.5, 0.6) is 5.75 Å². The van der Waals surface area contributed by atoms with Gasteiger partial charge in [0.1, 0.15) is 11.8 Å². The summed E-state index contributed by atoms with van der Waals surface area (Å²) in [5.41, 5.74) is 7.07. The number of benzene rings is 2. The van der Waals surface area contributed by atoms with Crippen LogP contribution in [0.2, 0.25) is 5.02 Å². The van der Waals surface area contributed by atoms with Gasteiger partial charge in [0, 0.05) is 5.69 Å². The molecule has 98 valence electrons. The first-order valence-corrected chi connectivity index (χ1v) is 6.05. The molecule has 19 heavy (non-hydrogen) atoms. The van der Waals surface area contributed by atoms with E-state index >= 15 is 0 Å². The Morgan fingerprint density at radius 3 is 2.53 bits per heavy atom. The smallest absolute Gasteiger partial charge is 0.245 e. The zero-order chi connectivity index (χ0) is 13.8. The number of carbonyl (C=O) groups is 1. The van der Waals surface area contributed by atoms with E-state index < -0.39 is 6.04 Å². The van der Waals surface area contributed by atoms with Gasteiger partial charge < -0.3 is 16.2 Å². The number of rotatable bonds is 3. The molecular formula is C14H13ClN2O2. The summed E-state index contributed by atoms with van der Waals surface area (Å²) in [4.78, 5) is 12.0. The number of hydrogen-bond acceptors (Lipinski definition) is 3. The Morgan fingerprint density at radius 2 is 1.89 bits per heavy atom. The van der Waals surface area contributed by atoms with Crippen molar-refractivity contribution in [3.63, 3.8) is 0 Å². The fourth-order valence-electron chi connectivity index (χ4n) is 1.62. The maximum atomic E-state index is 12.0. The highest BCUT2D eigenvalue weighted by atomic mass is 35.5. The van der Waals surface area contributed by atoms with Gasteiger partial charge >= 0.3 is 0 Å². The van der Waals surface area contributed by atoms with Crippen LogP contribution in [0.3, 0.4) is 0 Å². The molecule has 0 aliphatic rings. The molecule has 0 saturated heterocycles. The second-order valence-electron chi connectivity index (χ2n) is 4.04. The van der Waals surface area contributed by atoms with E-state index in [-0.39, 0.29) is 16.7 Å². The number of nitrogens with one attached hydrogen (secondary N) is 1. The van der Waals surface area contributed by atoms with Crippen molar-refractivity contribution in [3.8, 4) is 5.75 Å². The lowest BCUT2D eigenvalue weighted by Gasteiger charge is -2.12. The van der Waals surface area contributed by atoms with Gasteiger partial charge in [-0.25, -0.2) is 0 Å². The van der Waals surface area contributed by atoms with E-state index in [0.717, 1.165) is 5.56 Å². The summed E-state index contributed by atoms with van der Waals surface area (Å²) in [5, 5.41) is 12.1. The molecule has 2 aromatic rings. The largest absolute Gasteiger partial charge is 0.506 e. The van der Waals surface area contributed by atoms with E-state index in [2.05, 4.69) is 5.32 Å². The van der Waals surface area contributed by atoms with Gasteiger partial charge in [-0.15, -0.1) is 0 Å². The van der Waals surface area contributed by atoms with E-state index in [9.17, 15) is 9.90 Å². The first kappa shape index (κ1) is 13.4. The molecule has 0 fully saturated rings. The van der Waals surface area contributed by atoms with Crippen LogP contribution in [0, 0.1) is 0 Å². The van der Waals surface area contributed by atoms with Crippen molar-refractivity contribution < 1.29 is 9.90 Å². The molecule has 0 aliphatic carbocycles. The molecule has 1 atom stereocenters. The van der Waals surface area contributed by atoms with Gasteiger partial charge in [-0.3, -0.25) is 4.79 Å². The molecule has 2 aromatic carbocycles. The molecule has 0 unspecified atom stereocenters. The monoisotopic (exact) mass is 276 g/mol. The van der Waals surface area contributed by atoms with Crippen LogP contribution in [-0.4, -0.2) is 11.0 Å². The lowest BCUT2D eigenvalue weighted by Crippen LogP contribution is -2.27. The second-order valence-corrected chi connectivity index (χ2v) is 4.45. The Bertz CT molecular complexity index is 587. The topological polar surface area (TPSA) is 75.4 Å². The van der Waals surface area contributed by atoms with Crippen molar-refractivity contribution in [1.29, 1.82) is 0 Å². The second kappa shape index (κ2) is 5.73. The summed E-state index contributed by atoms with van der Waals surface area (Å²) in [6.07, 6.45) is 0. The maximum Gasteiger partial charge on any atom is 0.245 e. The third-order valence-corrected chi connectivity index (χ3v) is 2.96. The number of hydrogen-bond donors (Lipinski definition) is 3. The first-order chi connectivity index (χ1) is 9.08. The maximum absolute atomic E-state index is 12.0. The molecule has 0 radical (unpaired) electrons. The van der Waals surface area contributed by atoms with Crippen molar-refractivity contribution in [2.45, 2.75) is 6.04 Å². The molecule has 0 aliphatic heterocycles. The molecular weight excluding hydrogens is 264 g/mol. The Hall–Kier alpha value is -2.04. The van der Waals surface area contributed by atoms with Crippen molar-refractivity contribution in [1.82, 2.24) is 0 Å². The zero-order valence-corrected chi connectivity index (χ0v) is 10.8. The van der Waals surface area contributed by atoms with E-state index in [1.165, 1.54) is 12.1 Å². The summed E-state index contributed by atoms with van der Waals surface area (Å²) in [7, 11) is 0. The molecule has 5 heteroatoms.